The number of nitrogens with one attached hydrogen (secondary N) is 1. The number of amides is 1. The zero-order chi connectivity index (χ0) is 20.1. The number of nitrogens with two attached hydrogens (primary N) is 1. The van der Waals surface area contributed by atoms with Crippen molar-refractivity contribution in [1.29, 1.82) is 0 Å². The van der Waals surface area contributed by atoms with Crippen LogP contribution in [0.15, 0.2) is 36.9 Å². The van der Waals surface area contributed by atoms with Gasteiger partial charge in [0.05, 0.1) is 11.6 Å². The van der Waals surface area contributed by atoms with Gasteiger partial charge in [-0.05, 0) is 37.3 Å². The van der Waals surface area contributed by atoms with Crippen LogP contribution in [0.3, 0.4) is 0 Å². The smallest absolute Gasteiger partial charge is 0.224 e. The minimum absolute atomic E-state index is 0.0371. The number of hydrogen-bond donors (Lipinski definition) is 2. The second-order valence-corrected chi connectivity index (χ2v) is 8.02. The van der Waals surface area contributed by atoms with Gasteiger partial charge in [0.1, 0.15) is 12.7 Å². The van der Waals surface area contributed by atoms with Crippen molar-refractivity contribution in [2.45, 2.75) is 44.3 Å². The molecule has 1 aromatic carbocycles. The SMILES string of the molecule is N[C@H]1CC[C@@H](C(=O)NCc2ccccc2-n2cncn2)CN(C2CCOCC2)C1. The van der Waals surface area contributed by atoms with Gasteiger partial charge in [0.25, 0.3) is 0 Å². The molecule has 2 atom stereocenters. The van der Waals surface area contributed by atoms with Gasteiger partial charge < -0.3 is 15.8 Å². The molecule has 3 heterocycles. The molecule has 0 spiro atoms. The molecule has 1 aromatic heterocycles. The van der Waals surface area contributed by atoms with Gasteiger partial charge in [-0.2, -0.15) is 5.10 Å². The maximum atomic E-state index is 13.0. The summed E-state index contributed by atoms with van der Waals surface area (Å²) in [4.78, 5) is 19.5. The van der Waals surface area contributed by atoms with E-state index in [4.69, 9.17) is 10.5 Å². The van der Waals surface area contributed by atoms with Crippen LogP contribution in [-0.2, 0) is 16.1 Å². The first kappa shape index (κ1) is 20.0. The van der Waals surface area contributed by atoms with Crippen molar-refractivity contribution >= 4 is 5.91 Å². The van der Waals surface area contributed by atoms with Crippen LogP contribution in [0.2, 0.25) is 0 Å². The maximum Gasteiger partial charge on any atom is 0.224 e. The number of hydrogen-bond acceptors (Lipinski definition) is 6. The number of benzene rings is 1. The first-order valence-corrected chi connectivity index (χ1v) is 10.5. The summed E-state index contributed by atoms with van der Waals surface area (Å²) in [5, 5.41) is 7.35. The minimum atomic E-state index is -0.0371. The highest BCUT2D eigenvalue weighted by Gasteiger charge is 2.31. The van der Waals surface area contributed by atoms with Crippen molar-refractivity contribution in [1.82, 2.24) is 25.0 Å². The van der Waals surface area contributed by atoms with Crippen LogP contribution < -0.4 is 11.1 Å². The number of para-hydroxylation sites is 1. The number of aromatic nitrogens is 3. The first-order valence-electron chi connectivity index (χ1n) is 10.5. The summed E-state index contributed by atoms with van der Waals surface area (Å²) in [5.74, 6) is 0.0643. The fourth-order valence-electron chi connectivity index (χ4n) is 4.36. The van der Waals surface area contributed by atoms with Crippen molar-refractivity contribution in [2.24, 2.45) is 11.7 Å². The number of rotatable bonds is 5. The van der Waals surface area contributed by atoms with Gasteiger partial charge in [0, 0.05) is 44.9 Å². The van der Waals surface area contributed by atoms with Gasteiger partial charge in [0.2, 0.25) is 5.91 Å². The molecular formula is C21H30N6O2. The Hall–Kier alpha value is -2.29. The van der Waals surface area contributed by atoms with E-state index in [9.17, 15) is 4.79 Å². The van der Waals surface area contributed by atoms with Gasteiger partial charge >= 0.3 is 0 Å². The molecule has 0 aliphatic carbocycles. The Bertz CT molecular complexity index is 790. The van der Waals surface area contributed by atoms with E-state index >= 15 is 0 Å². The third-order valence-corrected chi connectivity index (χ3v) is 6.00. The highest BCUT2D eigenvalue weighted by atomic mass is 16.5. The highest BCUT2D eigenvalue weighted by molar-refractivity contribution is 5.79. The lowest BCUT2D eigenvalue weighted by molar-refractivity contribution is -0.126. The first-order chi connectivity index (χ1) is 14.2. The molecule has 2 fully saturated rings. The predicted molar refractivity (Wildman–Crippen MR) is 109 cm³/mol. The Labute approximate surface area is 171 Å². The fraction of sp³-hybridized carbons (Fsp3) is 0.571. The molecule has 0 saturated carbocycles. The van der Waals surface area contributed by atoms with Crippen molar-refractivity contribution in [3.05, 3.63) is 42.5 Å². The summed E-state index contributed by atoms with van der Waals surface area (Å²) in [6.45, 7) is 3.70. The molecule has 8 nitrogen and oxygen atoms in total. The van der Waals surface area contributed by atoms with Crippen molar-refractivity contribution < 1.29 is 9.53 Å². The average Bonchev–Trinajstić information content (AvgIpc) is 3.22. The predicted octanol–water partition coefficient (Wildman–Crippen LogP) is 1.10. The Morgan fingerprint density at radius 1 is 1.17 bits per heavy atom. The zero-order valence-electron chi connectivity index (χ0n) is 16.7. The van der Waals surface area contributed by atoms with E-state index in [1.165, 1.54) is 6.33 Å². The van der Waals surface area contributed by atoms with Crippen LogP contribution in [0.4, 0.5) is 0 Å². The van der Waals surface area contributed by atoms with Gasteiger partial charge in [0.15, 0.2) is 0 Å². The standard InChI is InChI=1S/C21H30N6O2/c22-18-6-5-17(12-26(13-18)19-7-9-29-10-8-19)21(28)24-11-16-3-1-2-4-20(16)27-15-23-14-25-27/h1-4,14-15,17-19H,5-13,22H2,(H,24,28)/t17-,18+/m1/s1. The van der Waals surface area contributed by atoms with E-state index in [1.54, 1.807) is 11.0 Å². The molecule has 0 radical (unpaired) electrons. The minimum Gasteiger partial charge on any atom is -0.381 e. The normalized spacial score (nSPS) is 24.2. The Kier molecular flexibility index (Phi) is 6.53. The largest absolute Gasteiger partial charge is 0.381 e. The summed E-state index contributed by atoms with van der Waals surface area (Å²) in [6.07, 6.45) is 6.93. The highest BCUT2D eigenvalue weighted by Crippen LogP contribution is 2.23. The molecule has 0 bridgehead atoms. The zero-order valence-corrected chi connectivity index (χ0v) is 16.7. The number of likely N-dealkylation sites (tertiary alicyclic amines) is 1. The molecule has 2 aromatic rings. The molecule has 2 aliphatic rings. The fourth-order valence-corrected chi connectivity index (χ4v) is 4.36. The van der Waals surface area contributed by atoms with Crippen LogP contribution in [-0.4, -0.2) is 64.0 Å². The number of nitrogens with zero attached hydrogens (tertiary/aromatic N) is 4. The summed E-state index contributed by atoms with van der Waals surface area (Å²) >= 11 is 0. The van der Waals surface area contributed by atoms with Crippen molar-refractivity contribution in [2.75, 3.05) is 26.3 Å². The van der Waals surface area contributed by atoms with Crippen LogP contribution in [0, 0.1) is 5.92 Å². The lowest BCUT2D eigenvalue weighted by atomic mass is 10.00. The van der Waals surface area contributed by atoms with Crippen molar-refractivity contribution in [3.8, 4) is 5.69 Å². The van der Waals surface area contributed by atoms with Crippen molar-refractivity contribution in [3.63, 3.8) is 0 Å². The Morgan fingerprint density at radius 2 is 2.00 bits per heavy atom. The van der Waals surface area contributed by atoms with Gasteiger partial charge in [-0.25, -0.2) is 9.67 Å². The van der Waals surface area contributed by atoms with E-state index in [0.717, 1.165) is 63.2 Å². The van der Waals surface area contributed by atoms with Gasteiger partial charge in [-0.3, -0.25) is 9.69 Å². The third-order valence-electron chi connectivity index (χ3n) is 6.00. The Morgan fingerprint density at radius 3 is 2.79 bits per heavy atom. The van der Waals surface area contributed by atoms with Crippen LogP contribution in [0.5, 0.6) is 0 Å². The van der Waals surface area contributed by atoms with Crippen LogP contribution in [0.25, 0.3) is 5.69 Å². The summed E-state index contributed by atoms with van der Waals surface area (Å²) in [5.41, 5.74) is 8.25. The summed E-state index contributed by atoms with van der Waals surface area (Å²) in [7, 11) is 0. The topological polar surface area (TPSA) is 98.3 Å². The molecule has 0 unspecified atom stereocenters. The molecule has 8 heteroatoms. The second kappa shape index (κ2) is 9.47. The van der Waals surface area contributed by atoms with E-state index in [2.05, 4.69) is 20.3 Å². The molecule has 156 valence electrons. The third kappa shape index (κ3) is 5.01. The van der Waals surface area contributed by atoms with Crippen LogP contribution in [0.1, 0.15) is 31.2 Å². The average molecular weight is 399 g/mol. The second-order valence-electron chi connectivity index (χ2n) is 8.02. The molecule has 29 heavy (non-hydrogen) atoms. The quantitative estimate of drug-likeness (QED) is 0.783. The number of ether oxygens (including phenoxy) is 1. The monoisotopic (exact) mass is 398 g/mol. The molecule has 2 saturated heterocycles. The van der Waals surface area contributed by atoms with Gasteiger partial charge in [-0.15, -0.1) is 0 Å². The summed E-state index contributed by atoms with van der Waals surface area (Å²) < 4.78 is 7.22. The van der Waals surface area contributed by atoms with Gasteiger partial charge in [-0.1, -0.05) is 18.2 Å². The van der Waals surface area contributed by atoms with E-state index < -0.39 is 0 Å². The van der Waals surface area contributed by atoms with Crippen LogP contribution >= 0.6 is 0 Å². The number of carbonyl (C=O) groups excluding carboxylic acids is 1. The maximum absolute atomic E-state index is 13.0. The molecule has 1 amide bonds. The molecule has 4 rings (SSSR count). The lowest BCUT2D eigenvalue weighted by Gasteiger charge is -2.35. The summed E-state index contributed by atoms with van der Waals surface area (Å²) in [6, 6.07) is 8.52. The Balaban J connectivity index is 1.40. The lowest BCUT2D eigenvalue weighted by Crippen LogP contribution is -2.47. The molecule has 3 N–H and O–H groups in total. The van der Waals surface area contributed by atoms with E-state index in [-0.39, 0.29) is 17.9 Å². The van der Waals surface area contributed by atoms with E-state index in [1.807, 2.05) is 24.3 Å². The molecule has 2 aliphatic heterocycles. The van der Waals surface area contributed by atoms with E-state index in [0.29, 0.717) is 12.6 Å². The number of carbonyl (C=O) groups is 1. The molecular weight excluding hydrogens is 368 g/mol.